The number of urea groups is 1. The number of amides is 2. The molecule has 8 nitrogen and oxygen atoms in total. The van der Waals surface area contributed by atoms with Crippen LogP contribution in [0.15, 0.2) is 29.2 Å². The molecule has 0 bridgehead atoms. The molecule has 0 saturated carbocycles. The van der Waals surface area contributed by atoms with Gasteiger partial charge < -0.3 is 10.1 Å². The largest absolute Gasteiger partial charge is 0.467 e. The molecule has 2 N–H and O–H groups in total. The van der Waals surface area contributed by atoms with Crippen molar-refractivity contribution < 1.29 is 22.7 Å². The Labute approximate surface area is 155 Å². The van der Waals surface area contributed by atoms with Crippen LogP contribution in [0.2, 0.25) is 0 Å². The molecule has 0 spiro atoms. The highest BCUT2D eigenvalue weighted by Crippen LogP contribution is 2.33. The molecule has 140 valence electrons. The highest BCUT2D eigenvalue weighted by molar-refractivity contribution is 7.90. The number of aryl methyl sites for hydroxylation is 1. The molecule has 1 atom stereocenters. The van der Waals surface area contributed by atoms with E-state index in [1.54, 1.807) is 19.1 Å². The Balaban J connectivity index is 2.14. The first-order valence-corrected chi connectivity index (χ1v) is 10.3. The zero-order chi connectivity index (χ0) is 19.5. The molecule has 1 aromatic heterocycles. The van der Waals surface area contributed by atoms with Crippen LogP contribution >= 0.6 is 11.3 Å². The molecule has 0 fully saturated rings. The molecule has 0 radical (unpaired) electrons. The predicted octanol–water partition coefficient (Wildman–Crippen LogP) is 2.21. The van der Waals surface area contributed by atoms with Crippen LogP contribution in [0.1, 0.15) is 12.6 Å². The molecule has 0 aliphatic heterocycles. The van der Waals surface area contributed by atoms with Gasteiger partial charge in [0.25, 0.3) is 0 Å². The first-order valence-electron chi connectivity index (χ1n) is 7.55. The van der Waals surface area contributed by atoms with Crippen LogP contribution in [0.5, 0.6) is 0 Å². The van der Waals surface area contributed by atoms with Gasteiger partial charge in [-0.15, -0.1) is 0 Å². The van der Waals surface area contributed by atoms with Gasteiger partial charge in [-0.1, -0.05) is 23.5 Å². The highest BCUT2D eigenvalue weighted by atomic mass is 32.2. The number of hydrogen-bond donors (Lipinski definition) is 2. The van der Waals surface area contributed by atoms with E-state index in [0.717, 1.165) is 16.7 Å². The maximum Gasteiger partial charge on any atom is 0.328 e. The Morgan fingerprint density at radius 1 is 1.23 bits per heavy atom. The van der Waals surface area contributed by atoms with E-state index in [-0.39, 0.29) is 4.90 Å². The average Bonchev–Trinajstić information content (AvgIpc) is 2.93. The van der Waals surface area contributed by atoms with E-state index < -0.39 is 27.9 Å². The summed E-state index contributed by atoms with van der Waals surface area (Å²) in [4.78, 5) is 28.6. The number of thiazole rings is 1. The molecule has 10 heteroatoms. The first kappa shape index (κ1) is 19.9. The molecule has 2 amide bonds. The van der Waals surface area contributed by atoms with Gasteiger partial charge in [-0.05, 0) is 31.5 Å². The van der Waals surface area contributed by atoms with Gasteiger partial charge in [0.15, 0.2) is 15.0 Å². The average molecular weight is 397 g/mol. The van der Waals surface area contributed by atoms with Gasteiger partial charge in [-0.2, -0.15) is 0 Å². The molecular formula is C16H19N3O5S2. The summed E-state index contributed by atoms with van der Waals surface area (Å²) in [5.41, 5.74) is 1.49. The first-order chi connectivity index (χ1) is 12.1. The van der Waals surface area contributed by atoms with Crippen molar-refractivity contribution in [2.24, 2.45) is 0 Å². The second-order valence-corrected chi connectivity index (χ2v) is 8.59. The van der Waals surface area contributed by atoms with E-state index in [1.807, 2.05) is 0 Å². The molecule has 0 unspecified atom stereocenters. The Kier molecular flexibility index (Phi) is 5.98. The van der Waals surface area contributed by atoms with Gasteiger partial charge in [0.05, 0.1) is 22.6 Å². The number of anilines is 1. The summed E-state index contributed by atoms with van der Waals surface area (Å²) in [6, 6.07) is 5.09. The lowest BCUT2D eigenvalue weighted by atomic mass is 10.2. The molecule has 26 heavy (non-hydrogen) atoms. The molecule has 0 aliphatic rings. The summed E-state index contributed by atoms with van der Waals surface area (Å²) in [5, 5.41) is 5.38. The van der Waals surface area contributed by atoms with Crippen molar-refractivity contribution in [2.75, 3.05) is 18.7 Å². The van der Waals surface area contributed by atoms with Gasteiger partial charge in [-0.3, -0.25) is 5.32 Å². The minimum Gasteiger partial charge on any atom is -0.467 e. The van der Waals surface area contributed by atoms with Crippen LogP contribution < -0.4 is 10.6 Å². The van der Waals surface area contributed by atoms with E-state index in [0.29, 0.717) is 10.8 Å². The van der Waals surface area contributed by atoms with Crippen LogP contribution in [-0.4, -0.2) is 44.8 Å². The number of esters is 1. The van der Waals surface area contributed by atoms with Crippen LogP contribution in [0.3, 0.4) is 0 Å². The van der Waals surface area contributed by atoms with E-state index >= 15 is 0 Å². The Bertz CT molecular complexity index is 920. The number of hydrogen-bond acceptors (Lipinski definition) is 7. The predicted molar refractivity (Wildman–Crippen MR) is 99.0 cm³/mol. The van der Waals surface area contributed by atoms with Crippen LogP contribution in [0.25, 0.3) is 10.4 Å². The summed E-state index contributed by atoms with van der Waals surface area (Å²) >= 11 is 1.25. The van der Waals surface area contributed by atoms with Crippen molar-refractivity contribution in [2.45, 2.75) is 24.8 Å². The normalized spacial score (nSPS) is 12.3. The van der Waals surface area contributed by atoms with E-state index in [9.17, 15) is 18.0 Å². The molecule has 2 aromatic rings. The monoisotopic (exact) mass is 397 g/mol. The highest BCUT2D eigenvalue weighted by Gasteiger charge is 2.18. The Morgan fingerprint density at radius 2 is 1.85 bits per heavy atom. The van der Waals surface area contributed by atoms with Crippen molar-refractivity contribution in [3.05, 3.63) is 30.0 Å². The fourth-order valence-corrected chi connectivity index (χ4v) is 3.73. The quantitative estimate of drug-likeness (QED) is 0.748. The number of sulfone groups is 1. The van der Waals surface area contributed by atoms with Crippen molar-refractivity contribution in [3.8, 4) is 10.4 Å². The van der Waals surface area contributed by atoms with Crippen LogP contribution in [0.4, 0.5) is 9.93 Å². The molecule has 0 saturated heterocycles. The Morgan fingerprint density at radius 3 is 2.38 bits per heavy atom. The number of rotatable bonds is 5. The SMILES string of the molecule is COC(=O)[C@H](C)NC(=O)Nc1nc(C)c(-c2ccc(S(C)(=O)=O)cc2)s1. The standard InChI is InChI=1S/C16H19N3O5S2/c1-9-13(11-5-7-12(8-6-11)26(4,22)23)25-16(18-9)19-15(21)17-10(2)14(20)24-3/h5-8,10H,1-4H3,(H2,17,18,19,21)/t10-/m0/s1. The third-order valence-corrected chi connectivity index (χ3v) is 5.71. The van der Waals surface area contributed by atoms with Crippen molar-refractivity contribution in [1.29, 1.82) is 0 Å². The number of carbonyl (C=O) groups excluding carboxylic acids is 2. The number of aromatic nitrogens is 1. The number of ether oxygens (including phenoxy) is 1. The summed E-state index contributed by atoms with van der Waals surface area (Å²) in [7, 11) is -2.02. The lowest BCUT2D eigenvalue weighted by Crippen LogP contribution is -2.41. The van der Waals surface area contributed by atoms with Crippen molar-refractivity contribution in [1.82, 2.24) is 10.3 Å². The topological polar surface area (TPSA) is 114 Å². The summed E-state index contributed by atoms with van der Waals surface area (Å²) < 4.78 is 27.6. The second kappa shape index (κ2) is 7.83. The lowest BCUT2D eigenvalue weighted by molar-refractivity contribution is -0.142. The Hall–Kier alpha value is -2.46. The van der Waals surface area contributed by atoms with Crippen molar-refractivity contribution >= 4 is 38.3 Å². The van der Waals surface area contributed by atoms with Gasteiger partial charge in [0, 0.05) is 6.26 Å². The summed E-state index contributed by atoms with van der Waals surface area (Å²) in [6.07, 6.45) is 1.15. The van der Waals surface area contributed by atoms with Gasteiger partial charge >= 0.3 is 12.0 Å². The third kappa shape index (κ3) is 4.79. The maximum absolute atomic E-state index is 11.9. The van der Waals surface area contributed by atoms with Gasteiger partial charge in [0.2, 0.25) is 0 Å². The van der Waals surface area contributed by atoms with E-state index in [1.165, 1.54) is 37.5 Å². The summed E-state index contributed by atoms with van der Waals surface area (Å²) in [6.45, 7) is 3.30. The molecule has 1 heterocycles. The number of nitrogens with one attached hydrogen (secondary N) is 2. The molecular weight excluding hydrogens is 378 g/mol. The maximum atomic E-state index is 11.9. The number of nitrogens with zero attached hydrogens (tertiary/aromatic N) is 1. The molecule has 0 aliphatic carbocycles. The van der Waals surface area contributed by atoms with Crippen LogP contribution in [-0.2, 0) is 19.4 Å². The smallest absolute Gasteiger partial charge is 0.328 e. The number of carbonyl (C=O) groups is 2. The fraction of sp³-hybridized carbons (Fsp3) is 0.312. The molecule has 1 aromatic carbocycles. The number of benzene rings is 1. The van der Waals surface area contributed by atoms with Crippen molar-refractivity contribution in [3.63, 3.8) is 0 Å². The zero-order valence-corrected chi connectivity index (χ0v) is 16.3. The minimum absolute atomic E-state index is 0.234. The van der Waals surface area contributed by atoms with Crippen LogP contribution in [0, 0.1) is 6.92 Å². The number of methoxy groups -OCH3 is 1. The lowest BCUT2D eigenvalue weighted by Gasteiger charge is -2.11. The fourth-order valence-electron chi connectivity index (χ4n) is 2.14. The third-order valence-electron chi connectivity index (χ3n) is 3.46. The molecule has 2 rings (SSSR count). The van der Waals surface area contributed by atoms with Gasteiger partial charge in [0.1, 0.15) is 6.04 Å². The van der Waals surface area contributed by atoms with E-state index in [2.05, 4.69) is 20.4 Å². The second-order valence-electron chi connectivity index (χ2n) is 5.57. The van der Waals surface area contributed by atoms with E-state index in [4.69, 9.17) is 0 Å². The summed E-state index contributed by atoms with van der Waals surface area (Å²) in [5.74, 6) is -0.554. The van der Waals surface area contributed by atoms with Gasteiger partial charge in [-0.25, -0.2) is 23.0 Å². The zero-order valence-electron chi connectivity index (χ0n) is 14.7. The minimum atomic E-state index is -3.26.